The molecule has 0 aliphatic rings. The highest BCUT2D eigenvalue weighted by Crippen LogP contribution is 2.27. The van der Waals surface area contributed by atoms with E-state index < -0.39 is 0 Å². The van der Waals surface area contributed by atoms with Gasteiger partial charge in [-0.2, -0.15) is 0 Å². The fraction of sp³-hybridized carbons (Fsp3) is 1.00. The van der Waals surface area contributed by atoms with E-state index in [2.05, 4.69) is 65.4 Å². The molecule has 0 aromatic carbocycles. The molecule has 2 atom stereocenters. The summed E-state index contributed by atoms with van der Waals surface area (Å²) in [6.45, 7) is 16.9. The third-order valence-electron chi connectivity index (χ3n) is 3.21. The molecular weight excluding hydrogens is 222 g/mol. The summed E-state index contributed by atoms with van der Waals surface area (Å²) in [5.74, 6) is 0.677. The second kappa shape index (κ2) is 7.46. The topological polar surface area (TPSA) is 32.5 Å². The largest absolute Gasteiger partial charge is 0.327 e. The number of likely N-dealkylation sites (N-methyl/N-ethyl adjacent to an activating group) is 1. The molecule has 0 rings (SSSR count). The lowest BCUT2D eigenvalue weighted by atomic mass is 9.81. The van der Waals surface area contributed by atoms with Gasteiger partial charge in [-0.3, -0.25) is 4.90 Å². The Kier molecular flexibility index (Phi) is 7.41. The average Bonchev–Trinajstić information content (AvgIpc) is 2.09. The first-order valence-corrected chi connectivity index (χ1v) is 7.20. The minimum atomic E-state index is 0.200. The van der Waals surface area contributed by atoms with Gasteiger partial charge in [-0.1, -0.05) is 34.6 Å². The number of rotatable bonds is 7. The minimum Gasteiger partial charge on any atom is -0.327 e. The first kappa shape index (κ1) is 17.9. The van der Waals surface area contributed by atoms with Crippen LogP contribution in [-0.2, 0) is 0 Å². The molecule has 0 bridgehead atoms. The molecule has 0 spiro atoms. The van der Waals surface area contributed by atoms with Crippen LogP contribution in [0.5, 0.6) is 0 Å². The minimum absolute atomic E-state index is 0.200. The molecule has 18 heavy (non-hydrogen) atoms. The maximum absolute atomic E-state index is 6.25. The van der Waals surface area contributed by atoms with Gasteiger partial charge in [0.25, 0.3) is 0 Å². The van der Waals surface area contributed by atoms with Crippen LogP contribution in [0.3, 0.4) is 0 Å². The van der Waals surface area contributed by atoms with Crippen LogP contribution in [0.15, 0.2) is 0 Å². The third kappa shape index (κ3) is 6.72. The van der Waals surface area contributed by atoms with E-state index >= 15 is 0 Å². The van der Waals surface area contributed by atoms with Gasteiger partial charge in [0.15, 0.2) is 0 Å². The van der Waals surface area contributed by atoms with E-state index in [9.17, 15) is 0 Å². The quantitative estimate of drug-likeness (QED) is 0.759. The molecule has 2 N–H and O–H groups in total. The Morgan fingerprint density at radius 2 is 1.50 bits per heavy atom. The van der Waals surface area contributed by atoms with Crippen molar-refractivity contribution in [3.63, 3.8) is 0 Å². The van der Waals surface area contributed by atoms with Crippen molar-refractivity contribution in [3.05, 3.63) is 0 Å². The predicted octanol–water partition coefficient (Wildman–Crippen LogP) is 2.27. The maximum atomic E-state index is 6.25. The molecule has 0 aliphatic heterocycles. The summed E-state index contributed by atoms with van der Waals surface area (Å²) in [5, 5.41) is 0. The zero-order valence-corrected chi connectivity index (χ0v) is 13.8. The lowest BCUT2D eigenvalue weighted by Gasteiger charge is -2.43. The van der Waals surface area contributed by atoms with E-state index in [1.54, 1.807) is 0 Å². The van der Waals surface area contributed by atoms with Crippen molar-refractivity contribution in [2.24, 2.45) is 17.1 Å². The van der Waals surface area contributed by atoms with Crippen molar-refractivity contribution in [1.82, 2.24) is 9.80 Å². The highest BCUT2D eigenvalue weighted by molar-refractivity contribution is 4.89. The standard InChI is InChI=1S/C15H35N3/c1-12(2)11-18(10-9-17(7)8)14(13(3)16)15(4,5)6/h12-14H,9-11,16H2,1-8H3. The lowest BCUT2D eigenvalue weighted by Crippen LogP contribution is -2.55. The van der Waals surface area contributed by atoms with E-state index in [1.807, 2.05) is 0 Å². The van der Waals surface area contributed by atoms with Crippen LogP contribution in [0.2, 0.25) is 0 Å². The van der Waals surface area contributed by atoms with Gasteiger partial charge in [-0.15, -0.1) is 0 Å². The zero-order valence-electron chi connectivity index (χ0n) is 13.8. The predicted molar refractivity (Wildman–Crippen MR) is 81.9 cm³/mol. The summed E-state index contributed by atoms with van der Waals surface area (Å²) in [6, 6.07) is 0.630. The first-order valence-electron chi connectivity index (χ1n) is 7.20. The molecule has 0 fully saturated rings. The number of hydrogen-bond acceptors (Lipinski definition) is 3. The Hall–Kier alpha value is -0.120. The van der Waals surface area contributed by atoms with Crippen LogP contribution in [0.25, 0.3) is 0 Å². The van der Waals surface area contributed by atoms with Crippen molar-refractivity contribution in [3.8, 4) is 0 Å². The van der Waals surface area contributed by atoms with Gasteiger partial charge in [-0.25, -0.2) is 0 Å². The van der Waals surface area contributed by atoms with E-state index in [4.69, 9.17) is 5.73 Å². The summed E-state index contributed by atoms with van der Waals surface area (Å²) in [5.41, 5.74) is 6.47. The van der Waals surface area contributed by atoms with Crippen LogP contribution in [0, 0.1) is 11.3 Å². The Morgan fingerprint density at radius 3 is 1.78 bits per heavy atom. The smallest absolute Gasteiger partial charge is 0.0293 e. The molecule has 0 heterocycles. The number of nitrogens with zero attached hydrogens (tertiary/aromatic N) is 2. The SMILES string of the molecule is CC(C)CN(CCN(C)C)C(C(C)N)C(C)(C)C. The first-order chi connectivity index (χ1) is 8.05. The summed E-state index contributed by atoms with van der Waals surface area (Å²) >= 11 is 0. The van der Waals surface area contributed by atoms with Crippen LogP contribution in [0.4, 0.5) is 0 Å². The fourth-order valence-corrected chi connectivity index (χ4v) is 2.81. The third-order valence-corrected chi connectivity index (χ3v) is 3.21. The van der Waals surface area contributed by atoms with Crippen LogP contribution in [-0.4, -0.2) is 55.6 Å². The van der Waals surface area contributed by atoms with Crippen LogP contribution >= 0.6 is 0 Å². The average molecular weight is 257 g/mol. The molecule has 0 saturated carbocycles. The molecule has 0 aromatic heterocycles. The summed E-state index contributed by atoms with van der Waals surface area (Å²) in [4.78, 5) is 4.82. The summed E-state index contributed by atoms with van der Waals surface area (Å²) < 4.78 is 0. The van der Waals surface area contributed by atoms with Gasteiger partial charge >= 0.3 is 0 Å². The number of nitrogens with two attached hydrogens (primary N) is 1. The Labute approximate surface area is 115 Å². The Balaban J connectivity index is 4.87. The molecule has 2 unspecified atom stereocenters. The zero-order chi connectivity index (χ0) is 14.5. The second-order valence-corrected chi connectivity index (χ2v) is 7.36. The van der Waals surface area contributed by atoms with Crippen molar-refractivity contribution in [2.75, 3.05) is 33.7 Å². The molecule has 0 aliphatic carbocycles. The van der Waals surface area contributed by atoms with Crippen molar-refractivity contribution in [2.45, 2.75) is 53.6 Å². The Morgan fingerprint density at radius 1 is 1.00 bits per heavy atom. The maximum Gasteiger partial charge on any atom is 0.0293 e. The molecule has 110 valence electrons. The highest BCUT2D eigenvalue weighted by Gasteiger charge is 2.33. The molecule has 0 saturated heterocycles. The van der Waals surface area contributed by atoms with Crippen molar-refractivity contribution in [1.29, 1.82) is 0 Å². The summed E-state index contributed by atoms with van der Waals surface area (Å²) in [6.07, 6.45) is 0. The van der Waals surface area contributed by atoms with Gasteiger partial charge in [0, 0.05) is 31.7 Å². The van der Waals surface area contributed by atoms with E-state index in [0.29, 0.717) is 12.0 Å². The molecule has 0 radical (unpaired) electrons. The molecule has 0 amide bonds. The van der Waals surface area contributed by atoms with Crippen molar-refractivity contribution < 1.29 is 0 Å². The second-order valence-electron chi connectivity index (χ2n) is 7.36. The van der Waals surface area contributed by atoms with E-state index in [0.717, 1.165) is 19.6 Å². The Bertz CT molecular complexity index is 216. The van der Waals surface area contributed by atoms with Gasteiger partial charge < -0.3 is 10.6 Å². The summed E-state index contributed by atoms with van der Waals surface area (Å²) in [7, 11) is 4.26. The lowest BCUT2D eigenvalue weighted by molar-refractivity contribution is 0.0657. The molecule has 3 nitrogen and oxygen atoms in total. The van der Waals surface area contributed by atoms with Gasteiger partial charge in [0.1, 0.15) is 0 Å². The highest BCUT2D eigenvalue weighted by atomic mass is 15.2. The van der Waals surface area contributed by atoms with Crippen LogP contribution < -0.4 is 5.73 Å². The van der Waals surface area contributed by atoms with Gasteiger partial charge in [0.05, 0.1) is 0 Å². The van der Waals surface area contributed by atoms with Gasteiger partial charge in [0.2, 0.25) is 0 Å². The van der Waals surface area contributed by atoms with E-state index in [1.165, 1.54) is 0 Å². The number of hydrogen-bond donors (Lipinski definition) is 1. The molecule has 0 aromatic rings. The van der Waals surface area contributed by atoms with E-state index in [-0.39, 0.29) is 11.5 Å². The van der Waals surface area contributed by atoms with Gasteiger partial charge in [-0.05, 0) is 32.4 Å². The monoisotopic (exact) mass is 257 g/mol. The van der Waals surface area contributed by atoms with Crippen LogP contribution in [0.1, 0.15) is 41.5 Å². The molecular formula is C15H35N3. The fourth-order valence-electron chi connectivity index (χ4n) is 2.81. The molecule has 3 heteroatoms. The normalized spacial score (nSPS) is 16.7. The van der Waals surface area contributed by atoms with Crippen molar-refractivity contribution >= 4 is 0 Å².